The maximum atomic E-state index is 13.1. The molecule has 1 aromatic heterocycles. The fourth-order valence-electron chi connectivity index (χ4n) is 3.02. The molecular formula is C19H18F3IN2. The van der Waals surface area contributed by atoms with Crippen LogP contribution in [0.3, 0.4) is 0 Å². The van der Waals surface area contributed by atoms with Crippen molar-refractivity contribution >= 4 is 33.5 Å². The molecule has 3 N–H and O–H groups in total. The van der Waals surface area contributed by atoms with Crippen LogP contribution in [0.5, 0.6) is 0 Å². The Labute approximate surface area is 157 Å². The summed E-state index contributed by atoms with van der Waals surface area (Å²) in [5, 5.41) is 1.07. The molecule has 25 heavy (non-hydrogen) atoms. The van der Waals surface area contributed by atoms with Gasteiger partial charge in [0.1, 0.15) is 0 Å². The highest BCUT2D eigenvalue weighted by molar-refractivity contribution is 14.1. The summed E-state index contributed by atoms with van der Waals surface area (Å²) in [5.41, 5.74) is 8.27. The number of H-pyrrole nitrogens is 1. The molecule has 0 aliphatic heterocycles. The molecular weight excluding hydrogens is 440 g/mol. The lowest BCUT2D eigenvalue weighted by molar-refractivity contribution is -0.137. The fourth-order valence-corrected chi connectivity index (χ4v) is 3.51. The van der Waals surface area contributed by atoms with Gasteiger partial charge in [0.25, 0.3) is 0 Å². The van der Waals surface area contributed by atoms with Gasteiger partial charge in [0.2, 0.25) is 0 Å². The molecule has 0 atom stereocenters. The van der Waals surface area contributed by atoms with Crippen LogP contribution in [0.15, 0.2) is 42.5 Å². The van der Waals surface area contributed by atoms with E-state index in [0.717, 1.165) is 51.1 Å². The maximum absolute atomic E-state index is 13.1. The average molecular weight is 458 g/mol. The highest BCUT2D eigenvalue weighted by Crippen LogP contribution is 2.36. The minimum absolute atomic E-state index is 0.559. The van der Waals surface area contributed by atoms with Crippen molar-refractivity contribution in [1.82, 2.24) is 4.98 Å². The van der Waals surface area contributed by atoms with Crippen LogP contribution in [0.1, 0.15) is 24.0 Å². The molecule has 3 aromatic rings. The van der Waals surface area contributed by atoms with Crippen molar-refractivity contribution in [2.45, 2.75) is 25.4 Å². The predicted octanol–water partition coefficient (Wildman–Crippen LogP) is 5.74. The third-order valence-corrected chi connectivity index (χ3v) is 4.90. The van der Waals surface area contributed by atoms with E-state index >= 15 is 0 Å². The van der Waals surface area contributed by atoms with Gasteiger partial charge in [0, 0.05) is 20.2 Å². The second-order valence-electron chi connectivity index (χ2n) is 5.99. The number of halogens is 4. The number of nitrogens with one attached hydrogen (secondary N) is 1. The minimum atomic E-state index is -4.35. The van der Waals surface area contributed by atoms with Gasteiger partial charge in [-0.2, -0.15) is 13.2 Å². The lowest BCUT2D eigenvalue weighted by Gasteiger charge is -2.10. The number of aryl methyl sites for hydroxylation is 1. The van der Waals surface area contributed by atoms with Crippen molar-refractivity contribution in [1.29, 1.82) is 0 Å². The van der Waals surface area contributed by atoms with Crippen LogP contribution in [-0.4, -0.2) is 11.5 Å². The smallest absolute Gasteiger partial charge is 0.354 e. The van der Waals surface area contributed by atoms with Crippen LogP contribution >= 0.6 is 22.6 Å². The van der Waals surface area contributed by atoms with Crippen LogP contribution in [-0.2, 0) is 12.6 Å². The lowest BCUT2D eigenvalue weighted by Crippen LogP contribution is -2.04. The summed E-state index contributed by atoms with van der Waals surface area (Å²) in [7, 11) is 0. The van der Waals surface area contributed by atoms with E-state index in [0.29, 0.717) is 12.1 Å². The van der Waals surface area contributed by atoms with Crippen LogP contribution < -0.4 is 5.73 Å². The van der Waals surface area contributed by atoms with E-state index in [-0.39, 0.29) is 0 Å². The number of nitrogens with two attached hydrogens (primary N) is 1. The Balaban J connectivity index is 2.13. The number of hydrogen-bond donors (Lipinski definition) is 2. The molecule has 0 saturated heterocycles. The van der Waals surface area contributed by atoms with Gasteiger partial charge in [-0.05, 0) is 89.9 Å². The van der Waals surface area contributed by atoms with Gasteiger partial charge in [-0.3, -0.25) is 0 Å². The van der Waals surface area contributed by atoms with Gasteiger partial charge in [-0.25, -0.2) is 0 Å². The van der Waals surface area contributed by atoms with E-state index in [4.69, 9.17) is 5.73 Å². The number of benzene rings is 2. The van der Waals surface area contributed by atoms with Crippen molar-refractivity contribution in [3.63, 3.8) is 0 Å². The highest BCUT2D eigenvalue weighted by Gasteiger charge is 2.30. The number of aromatic nitrogens is 1. The average Bonchev–Trinajstić information content (AvgIpc) is 2.92. The van der Waals surface area contributed by atoms with E-state index in [2.05, 4.69) is 33.6 Å². The number of unbranched alkanes of at least 4 members (excludes halogenated alkanes) is 1. The normalized spacial score (nSPS) is 12.0. The topological polar surface area (TPSA) is 41.8 Å². The molecule has 0 unspecified atom stereocenters. The van der Waals surface area contributed by atoms with Crippen molar-refractivity contribution in [3.05, 3.63) is 57.2 Å². The van der Waals surface area contributed by atoms with Crippen LogP contribution in [0.25, 0.3) is 22.2 Å². The monoisotopic (exact) mass is 458 g/mol. The summed E-state index contributed by atoms with van der Waals surface area (Å²) >= 11 is 2.25. The standard InChI is InChI=1S/C19H18F3IN2/c20-19(21,22)13-5-3-4-12(10-13)18-15(6-1-2-9-24)16-11-14(23)7-8-17(16)25-18/h3-5,7-8,10-11,25H,1-2,6,9,24H2. The predicted molar refractivity (Wildman–Crippen MR) is 103 cm³/mol. The zero-order chi connectivity index (χ0) is 18.0. The second-order valence-corrected chi connectivity index (χ2v) is 7.24. The first-order valence-electron chi connectivity index (χ1n) is 8.08. The van der Waals surface area contributed by atoms with Gasteiger partial charge in [0.05, 0.1) is 5.56 Å². The first-order chi connectivity index (χ1) is 11.9. The molecule has 6 heteroatoms. The molecule has 0 radical (unpaired) electrons. The van der Waals surface area contributed by atoms with E-state index < -0.39 is 11.7 Å². The van der Waals surface area contributed by atoms with E-state index in [1.54, 1.807) is 6.07 Å². The van der Waals surface area contributed by atoms with Gasteiger partial charge >= 0.3 is 6.18 Å². The lowest BCUT2D eigenvalue weighted by atomic mass is 9.99. The van der Waals surface area contributed by atoms with Crippen LogP contribution in [0.2, 0.25) is 0 Å². The molecule has 0 spiro atoms. The molecule has 2 nitrogen and oxygen atoms in total. The van der Waals surface area contributed by atoms with Gasteiger partial charge in [-0.1, -0.05) is 12.1 Å². The van der Waals surface area contributed by atoms with Crippen molar-refractivity contribution < 1.29 is 13.2 Å². The molecule has 132 valence electrons. The van der Waals surface area contributed by atoms with E-state index in [9.17, 15) is 13.2 Å². The molecule has 3 rings (SSSR count). The third-order valence-electron chi connectivity index (χ3n) is 4.23. The van der Waals surface area contributed by atoms with Crippen LogP contribution in [0.4, 0.5) is 13.2 Å². The summed E-state index contributed by atoms with van der Waals surface area (Å²) in [6.45, 7) is 0.610. The quantitative estimate of drug-likeness (QED) is 0.372. The molecule has 0 aliphatic rings. The number of alkyl halides is 3. The molecule has 0 fully saturated rings. The number of rotatable bonds is 5. The SMILES string of the molecule is NCCCCc1c(-c2cccc(C(F)(F)F)c2)[nH]c2ccc(I)cc12. The zero-order valence-corrected chi connectivity index (χ0v) is 15.6. The van der Waals surface area contributed by atoms with Crippen molar-refractivity contribution in [2.24, 2.45) is 5.73 Å². The number of fused-ring (bicyclic) bond motifs is 1. The Morgan fingerprint density at radius 2 is 1.84 bits per heavy atom. The largest absolute Gasteiger partial charge is 0.416 e. The second kappa shape index (κ2) is 7.37. The van der Waals surface area contributed by atoms with Crippen molar-refractivity contribution in [3.8, 4) is 11.3 Å². The third kappa shape index (κ3) is 4.00. The number of aromatic amines is 1. The van der Waals surface area contributed by atoms with Gasteiger partial charge in [-0.15, -0.1) is 0 Å². The molecule has 0 saturated carbocycles. The Morgan fingerprint density at radius 1 is 1.04 bits per heavy atom. The summed E-state index contributed by atoms with van der Waals surface area (Å²) in [5.74, 6) is 0. The Hall–Kier alpha value is -1.54. The first-order valence-corrected chi connectivity index (χ1v) is 9.16. The molecule has 0 amide bonds. The summed E-state index contributed by atoms with van der Waals surface area (Å²) < 4.78 is 40.3. The number of hydrogen-bond acceptors (Lipinski definition) is 1. The Kier molecular flexibility index (Phi) is 5.38. The minimum Gasteiger partial charge on any atom is -0.354 e. The molecule has 0 aliphatic carbocycles. The Bertz CT molecular complexity index is 884. The van der Waals surface area contributed by atoms with Gasteiger partial charge in [0.15, 0.2) is 0 Å². The molecule has 1 heterocycles. The molecule has 2 aromatic carbocycles. The van der Waals surface area contributed by atoms with E-state index in [1.165, 1.54) is 12.1 Å². The van der Waals surface area contributed by atoms with Crippen molar-refractivity contribution in [2.75, 3.05) is 6.54 Å². The molecule has 0 bridgehead atoms. The summed E-state index contributed by atoms with van der Waals surface area (Å²) in [6.07, 6.45) is -1.78. The first kappa shape index (κ1) is 18.3. The summed E-state index contributed by atoms with van der Waals surface area (Å²) in [4.78, 5) is 3.31. The fraction of sp³-hybridized carbons (Fsp3) is 0.263. The van der Waals surface area contributed by atoms with Crippen LogP contribution in [0, 0.1) is 3.57 Å². The highest BCUT2D eigenvalue weighted by atomic mass is 127. The van der Waals surface area contributed by atoms with E-state index in [1.807, 2.05) is 12.1 Å². The Morgan fingerprint density at radius 3 is 2.56 bits per heavy atom. The summed E-state index contributed by atoms with van der Waals surface area (Å²) in [6, 6.07) is 11.5. The van der Waals surface area contributed by atoms with Gasteiger partial charge < -0.3 is 10.7 Å². The maximum Gasteiger partial charge on any atom is 0.416 e. The zero-order valence-electron chi connectivity index (χ0n) is 13.5.